The zero-order chi connectivity index (χ0) is 9.97. The fourth-order valence-corrected chi connectivity index (χ4v) is 1.76. The summed E-state index contributed by atoms with van der Waals surface area (Å²) in [5.41, 5.74) is 2.17. The number of hydrogen-bond acceptors (Lipinski definition) is 3. The van der Waals surface area contributed by atoms with E-state index in [4.69, 9.17) is 4.74 Å². The molecular weight excluding hydrogens is 176 g/mol. The second-order valence-corrected chi connectivity index (χ2v) is 3.75. The van der Waals surface area contributed by atoms with E-state index in [1.165, 1.54) is 0 Å². The van der Waals surface area contributed by atoms with Crippen LogP contribution < -0.4 is 5.32 Å². The van der Waals surface area contributed by atoms with E-state index in [0.717, 1.165) is 24.4 Å². The van der Waals surface area contributed by atoms with Gasteiger partial charge in [-0.1, -0.05) is 0 Å². The summed E-state index contributed by atoms with van der Waals surface area (Å²) >= 11 is 0. The third kappa shape index (κ3) is 1.87. The molecule has 76 valence electrons. The van der Waals surface area contributed by atoms with Crippen molar-refractivity contribution in [1.29, 1.82) is 0 Å². The van der Waals surface area contributed by atoms with Crippen molar-refractivity contribution in [3.63, 3.8) is 0 Å². The Bertz CT molecular complexity index is 314. The number of pyridine rings is 1. The third-order valence-corrected chi connectivity index (χ3v) is 2.72. The molecule has 1 aliphatic heterocycles. The van der Waals surface area contributed by atoms with Crippen molar-refractivity contribution in [2.45, 2.75) is 32.4 Å². The van der Waals surface area contributed by atoms with Gasteiger partial charge in [0.05, 0.1) is 23.5 Å². The summed E-state index contributed by atoms with van der Waals surface area (Å²) in [6, 6.07) is 4.45. The highest BCUT2D eigenvalue weighted by Gasteiger charge is 2.24. The Hall–Kier alpha value is -1.09. The monoisotopic (exact) mass is 192 g/mol. The zero-order valence-corrected chi connectivity index (χ0v) is 8.66. The van der Waals surface area contributed by atoms with E-state index in [0.29, 0.717) is 12.1 Å². The minimum absolute atomic E-state index is 0.301. The molecule has 2 rings (SSSR count). The van der Waals surface area contributed by atoms with Crippen molar-refractivity contribution in [3.8, 4) is 0 Å². The smallest absolute Gasteiger partial charge is 0.0748 e. The van der Waals surface area contributed by atoms with Gasteiger partial charge in [-0.05, 0) is 32.4 Å². The van der Waals surface area contributed by atoms with Gasteiger partial charge < -0.3 is 10.1 Å². The molecule has 1 aromatic rings. The van der Waals surface area contributed by atoms with Crippen LogP contribution in [0.2, 0.25) is 0 Å². The lowest BCUT2D eigenvalue weighted by molar-refractivity contribution is 0.121. The number of rotatable bonds is 2. The lowest BCUT2D eigenvalue weighted by Crippen LogP contribution is -2.27. The predicted octanol–water partition coefficient (Wildman–Crippen LogP) is 1.98. The Morgan fingerprint density at radius 1 is 1.57 bits per heavy atom. The van der Waals surface area contributed by atoms with Crippen LogP contribution in [0, 0.1) is 6.92 Å². The van der Waals surface area contributed by atoms with E-state index in [2.05, 4.69) is 23.3 Å². The van der Waals surface area contributed by atoms with E-state index in [1.807, 2.05) is 19.2 Å². The van der Waals surface area contributed by atoms with Crippen LogP contribution in [-0.4, -0.2) is 23.7 Å². The van der Waals surface area contributed by atoms with Crippen LogP contribution in [0.15, 0.2) is 18.3 Å². The Morgan fingerprint density at radius 3 is 3.07 bits per heavy atom. The molecule has 2 heterocycles. The van der Waals surface area contributed by atoms with E-state index >= 15 is 0 Å². The Kier molecular flexibility index (Phi) is 2.68. The molecule has 1 N–H and O–H groups in total. The molecule has 1 aromatic heterocycles. The molecule has 0 aliphatic carbocycles. The van der Waals surface area contributed by atoms with Crippen LogP contribution in [0.4, 0.5) is 5.69 Å². The van der Waals surface area contributed by atoms with Crippen molar-refractivity contribution in [2.24, 2.45) is 0 Å². The van der Waals surface area contributed by atoms with Crippen molar-refractivity contribution in [3.05, 3.63) is 24.0 Å². The molecule has 0 aromatic carbocycles. The molecule has 0 saturated carbocycles. The first-order valence-electron chi connectivity index (χ1n) is 5.07. The molecule has 1 saturated heterocycles. The third-order valence-electron chi connectivity index (χ3n) is 2.72. The van der Waals surface area contributed by atoms with E-state index in [1.54, 1.807) is 0 Å². The number of nitrogens with zero attached hydrogens (tertiary/aromatic N) is 1. The Morgan fingerprint density at radius 2 is 2.43 bits per heavy atom. The molecule has 3 heteroatoms. The van der Waals surface area contributed by atoms with Crippen LogP contribution in [-0.2, 0) is 4.74 Å². The average molecular weight is 192 g/mol. The summed E-state index contributed by atoms with van der Waals surface area (Å²) in [6.07, 6.45) is 3.19. The molecule has 0 bridgehead atoms. The second kappa shape index (κ2) is 3.96. The molecule has 1 aliphatic rings. The van der Waals surface area contributed by atoms with Gasteiger partial charge in [0.25, 0.3) is 0 Å². The van der Waals surface area contributed by atoms with Gasteiger partial charge in [0.15, 0.2) is 0 Å². The number of hydrogen-bond donors (Lipinski definition) is 1. The highest BCUT2D eigenvalue weighted by Crippen LogP contribution is 2.19. The Balaban J connectivity index is 2.07. The van der Waals surface area contributed by atoms with Gasteiger partial charge in [0.1, 0.15) is 0 Å². The summed E-state index contributed by atoms with van der Waals surface area (Å²) in [6.45, 7) is 4.98. The maximum atomic E-state index is 5.49. The van der Waals surface area contributed by atoms with Gasteiger partial charge in [-0.3, -0.25) is 4.98 Å². The molecule has 3 nitrogen and oxygen atoms in total. The number of ether oxygens (including phenoxy) is 1. The van der Waals surface area contributed by atoms with Crippen LogP contribution in [0.1, 0.15) is 19.0 Å². The van der Waals surface area contributed by atoms with Crippen LogP contribution >= 0.6 is 0 Å². The van der Waals surface area contributed by atoms with E-state index < -0.39 is 0 Å². The summed E-state index contributed by atoms with van der Waals surface area (Å²) in [4.78, 5) is 4.24. The summed E-state index contributed by atoms with van der Waals surface area (Å²) in [7, 11) is 0. The molecule has 1 fully saturated rings. The fourth-order valence-electron chi connectivity index (χ4n) is 1.76. The quantitative estimate of drug-likeness (QED) is 0.778. The largest absolute Gasteiger partial charge is 0.378 e. The van der Waals surface area contributed by atoms with Gasteiger partial charge >= 0.3 is 0 Å². The Labute approximate surface area is 84.5 Å². The van der Waals surface area contributed by atoms with Crippen molar-refractivity contribution < 1.29 is 4.74 Å². The van der Waals surface area contributed by atoms with Crippen LogP contribution in [0.3, 0.4) is 0 Å². The molecular formula is C11H16N2O. The lowest BCUT2D eigenvalue weighted by Gasteiger charge is -2.18. The zero-order valence-electron chi connectivity index (χ0n) is 8.66. The minimum atomic E-state index is 0.301. The summed E-state index contributed by atoms with van der Waals surface area (Å²) in [5.74, 6) is 0. The first kappa shape index (κ1) is 9.46. The van der Waals surface area contributed by atoms with Crippen molar-refractivity contribution in [1.82, 2.24) is 4.98 Å². The SMILES string of the molecule is Cc1ncccc1N[C@@H]1CCO[C@H]1C. The van der Waals surface area contributed by atoms with Crippen LogP contribution in [0.5, 0.6) is 0 Å². The fraction of sp³-hybridized carbons (Fsp3) is 0.545. The first-order valence-corrected chi connectivity index (χ1v) is 5.07. The number of aryl methyl sites for hydroxylation is 1. The van der Waals surface area contributed by atoms with Gasteiger partial charge in [0.2, 0.25) is 0 Å². The van der Waals surface area contributed by atoms with Gasteiger partial charge in [0, 0.05) is 12.8 Å². The van der Waals surface area contributed by atoms with E-state index in [-0.39, 0.29) is 0 Å². The molecule has 0 amide bonds. The normalized spacial score (nSPS) is 26.4. The first-order chi connectivity index (χ1) is 6.77. The maximum absolute atomic E-state index is 5.49. The van der Waals surface area contributed by atoms with Gasteiger partial charge in [-0.15, -0.1) is 0 Å². The van der Waals surface area contributed by atoms with E-state index in [9.17, 15) is 0 Å². The molecule has 14 heavy (non-hydrogen) atoms. The van der Waals surface area contributed by atoms with Crippen molar-refractivity contribution >= 4 is 5.69 Å². The maximum Gasteiger partial charge on any atom is 0.0748 e. The number of nitrogens with one attached hydrogen (secondary N) is 1. The van der Waals surface area contributed by atoms with Crippen molar-refractivity contribution in [2.75, 3.05) is 11.9 Å². The van der Waals surface area contributed by atoms with Crippen LogP contribution in [0.25, 0.3) is 0 Å². The lowest BCUT2D eigenvalue weighted by atomic mass is 10.1. The molecule has 0 radical (unpaired) electrons. The van der Waals surface area contributed by atoms with Gasteiger partial charge in [-0.25, -0.2) is 0 Å². The predicted molar refractivity (Wildman–Crippen MR) is 56.4 cm³/mol. The summed E-state index contributed by atoms with van der Waals surface area (Å²) in [5, 5.41) is 3.47. The summed E-state index contributed by atoms with van der Waals surface area (Å²) < 4.78 is 5.49. The minimum Gasteiger partial charge on any atom is -0.378 e. The van der Waals surface area contributed by atoms with Gasteiger partial charge in [-0.2, -0.15) is 0 Å². The highest BCUT2D eigenvalue weighted by molar-refractivity contribution is 5.47. The molecule has 0 spiro atoms. The average Bonchev–Trinajstić information content (AvgIpc) is 2.56. The molecule has 0 unspecified atom stereocenters. The molecule has 2 atom stereocenters. The number of anilines is 1. The number of aromatic nitrogens is 1. The second-order valence-electron chi connectivity index (χ2n) is 3.75. The highest BCUT2D eigenvalue weighted by atomic mass is 16.5. The topological polar surface area (TPSA) is 34.2 Å². The standard InChI is InChI=1S/C11H16N2O/c1-8-10(4-3-6-12-8)13-11-5-7-14-9(11)2/h3-4,6,9,11,13H,5,7H2,1-2H3/t9-,11+/m0/s1.